The SMILES string of the molecule is C=N/C=C(Cl)\C=C(/C)N1C(=O)c2nn(-c3ccccc3OC)c(C(C)C)c2[C@@]12C(=O)Nc1cc(Cl)ccc12. The van der Waals surface area contributed by atoms with Crippen LogP contribution in [-0.4, -0.2) is 40.3 Å². The summed E-state index contributed by atoms with van der Waals surface area (Å²) < 4.78 is 7.31. The lowest BCUT2D eigenvalue weighted by Crippen LogP contribution is -2.49. The number of aromatic nitrogens is 2. The number of benzene rings is 2. The van der Waals surface area contributed by atoms with Gasteiger partial charge in [-0.25, -0.2) is 4.68 Å². The fourth-order valence-electron chi connectivity index (χ4n) is 5.38. The predicted molar refractivity (Wildman–Crippen MR) is 148 cm³/mol. The second-order valence-corrected chi connectivity index (χ2v) is 10.2. The first-order valence-corrected chi connectivity index (χ1v) is 12.6. The number of carbonyl (C=O) groups excluding carboxylic acids is 2. The number of hydrogen-bond acceptors (Lipinski definition) is 5. The van der Waals surface area contributed by atoms with Gasteiger partial charge in [-0.3, -0.25) is 19.5 Å². The second-order valence-electron chi connectivity index (χ2n) is 9.32. The molecule has 3 heterocycles. The molecule has 1 N–H and O–H groups in total. The Morgan fingerprint density at radius 1 is 1.24 bits per heavy atom. The van der Waals surface area contributed by atoms with E-state index in [2.05, 4.69) is 17.0 Å². The number of nitrogens with one attached hydrogen (secondary N) is 1. The molecule has 0 saturated carbocycles. The minimum absolute atomic E-state index is 0.123. The molecule has 0 unspecified atom stereocenters. The van der Waals surface area contributed by atoms with Crippen LogP contribution in [0, 0.1) is 0 Å². The molecule has 1 spiro atoms. The topological polar surface area (TPSA) is 88.8 Å². The Bertz CT molecular complexity index is 1570. The minimum atomic E-state index is -1.54. The molecule has 2 amide bonds. The van der Waals surface area contributed by atoms with Gasteiger partial charge in [0.25, 0.3) is 11.8 Å². The van der Waals surface area contributed by atoms with Gasteiger partial charge in [0.05, 0.1) is 17.8 Å². The number of allylic oxidation sites excluding steroid dienone is 3. The van der Waals surface area contributed by atoms with E-state index in [0.29, 0.717) is 44.7 Å². The molecular formula is C28H25Cl2N5O3. The van der Waals surface area contributed by atoms with Crippen molar-refractivity contribution >= 4 is 47.4 Å². The van der Waals surface area contributed by atoms with E-state index in [-0.39, 0.29) is 16.6 Å². The van der Waals surface area contributed by atoms with Crippen LogP contribution in [0.3, 0.4) is 0 Å². The number of hydrogen-bond donors (Lipinski definition) is 1. The zero-order chi connectivity index (χ0) is 27.4. The summed E-state index contributed by atoms with van der Waals surface area (Å²) in [5.41, 5.74) is 2.07. The largest absolute Gasteiger partial charge is 0.494 e. The number of para-hydroxylation sites is 2. The molecule has 1 aromatic heterocycles. The van der Waals surface area contributed by atoms with E-state index in [1.807, 2.05) is 38.1 Å². The molecule has 1 atom stereocenters. The van der Waals surface area contributed by atoms with Crippen molar-refractivity contribution in [2.24, 2.45) is 4.99 Å². The van der Waals surface area contributed by atoms with E-state index in [1.165, 1.54) is 11.1 Å². The Hall–Kier alpha value is -3.88. The highest BCUT2D eigenvalue weighted by molar-refractivity contribution is 6.31. The van der Waals surface area contributed by atoms with Crippen molar-refractivity contribution in [3.63, 3.8) is 0 Å². The summed E-state index contributed by atoms with van der Waals surface area (Å²) >= 11 is 12.6. The van der Waals surface area contributed by atoms with Gasteiger partial charge >= 0.3 is 0 Å². The molecule has 5 rings (SSSR count). The monoisotopic (exact) mass is 549 g/mol. The van der Waals surface area contributed by atoms with Crippen LogP contribution in [0.2, 0.25) is 5.02 Å². The molecule has 194 valence electrons. The molecule has 0 radical (unpaired) electrons. The zero-order valence-electron chi connectivity index (χ0n) is 21.3. The van der Waals surface area contributed by atoms with Gasteiger partial charge in [0.1, 0.15) is 11.4 Å². The first-order valence-electron chi connectivity index (χ1n) is 11.9. The summed E-state index contributed by atoms with van der Waals surface area (Å²) in [6, 6.07) is 12.6. The summed E-state index contributed by atoms with van der Waals surface area (Å²) in [7, 11) is 1.58. The molecular weight excluding hydrogens is 525 g/mol. The number of anilines is 1. The summed E-state index contributed by atoms with van der Waals surface area (Å²) in [5, 5.41) is 8.46. The van der Waals surface area contributed by atoms with Gasteiger partial charge in [0, 0.05) is 33.7 Å². The number of carbonyl (C=O) groups is 2. The van der Waals surface area contributed by atoms with Gasteiger partial charge < -0.3 is 10.1 Å². The van der Waals surface area contributed by atoms with Crippen molar-refractivity contribution < 1.29 is 14.3 Å². The van der Waals surface area contributed by atoms with Crippen molar-refractivity contribution in [3.05, 3.63) is 93.0 Å². The Balaban J connectivity index is 1.89. The number of methoxy groups -OCH3 is 1. The quantitative estimate of drug-likeness (QED) is 0.302. The molecule has 2 aliphatic heterocycles. The van der Waals surface area contributed by atoms with Crippen LogP contribution >= 0.6 is 23.2 Å². The third kappa shape index (κ3) is 3.59. The maximum atomic E-state index is 14.2. The van der Waals surface area contributed by atoms with Gasteiger partial charge in [-0.15, -0.1) is 0 Å². The van der Waals surface area contributed by atoms with Crippen LogP contribution in [0.15, 0.2) is 70.5 Å². The smallest absolute Gasteiger partial charge is 0.280 e. The molecule has 2 aliphatic rings. The number of aliphatic imine (C=N–C) groups is 1. The van der Waals surface area contributed by atoms with Crippen LogP contribution < -0.4 is 10.1 Å². The Morgan fingerprint density at radius 3 is 2.66 bits per heavy atom. The number of ether oxygens (including phenoxy) is 1. The highest BCUT2D eigenvalue weighted by Gasteiger charge is 2.63. The standard InChI is InChI=1S/C28H25Cl2N5O3/c1-15(2)25-23-24(33-35(25)21-8-6-7-9-22(21)38-5)26(36)34(16(3)12-18(30)14-31-4)28(23)19-11-10-17(29)13-20(19)32-27(28)37/h6-15H,4H2,1-3,5H3,(H,32,37)/b16-12+,18-14+/t28-/m0/s1. The van der Waals surface area contributed by atoms with E-state index in [1.54, 1.807) is 43.0 Å². The van der Waals surface area contributed by atoms with E-state index in [9.17, 15) is 9.59 Å². The van der Waals surface area contributed by atoms with Crippen LogP contribution in [-0.2, 0) is 10.3 Å². The van der Waals surface area contributed by atoms with E-state index in [4.69, 9.17) is 33.0 Å². The van der Waals surface area contributed by atoms with Gasteiger partial charge in [-0.2, -0.15) is 5.10 Å². The Labute approximate surface area is 230 Å². The van der Waals surface area contributed by atoms with Crippen LogP contribution in [0.4, 0.5) is 5.69 Å². The lowest BCUT2D eigenvalue weighted by molar-refractivity contribution is -0.122. The first kappa shape index (κ1) is 25.8. The number of nitrogens with zero attached hydrogens (tertiary/aromatic N) is 4. The average Bonchev–Trinajstić information content (AvgIpc) is 3.47. The average molecular weight is 550 g/mol. The van der Waals surface area contributed by atoms with Crippen LogP contribution in [0.5, 0.6) is 5.75 Å². The van der Waals surface area contributed by atoms with Gasteiger partial charge in [-0.05, 0) is 49.9 Å². The minimum Gasteiger partial charge on any atom is -0.494 e. The molecule has 2 aromatic carbocycles. The molecule has 0 aliphatic carbocycles. The number of halogens is 2. The summed E-state index contributed by atoms with van der Waals surface area (Å²) in [6.07, 6.45) is 2.94. The van der Waals surface area contributed by atoms with Gasteiger partial charge in [0.2, 0.25) is 0 Å². The van der Waals surface area contributed by atoms with Crippen LogP contribution in [0.1, 0.15) is 54.0 Å². The lowest BCUT2D eigenvalue weighted by Gasteiger charge is -2.35. The maximum absolute atomic E-state index is 14.2. The summed E-state index contributed by atoms with van der Waals surface area (Å²) in [5.74, 6) is -0.360. The zero-order valence-corrected chi connectivity index (χ0v) is 22.8. The van der Waals surface area contributed by atoms with Crippen molar-refractivity contribution in [1.29, 1.82) is 0 Å². The lowest BCUT2D eigenvalue weighted by atomic mass is 9.81. The predicted octanol–water partition coefficient (Wildman–Crippen LogP) is 5.99. The molecule has 0 fully saturated rings. The Kier molecular flexibility index (Phi) is 6.41. The van der Waals surface area contributed by atoms with Crippen molar-refractivity contribution in [1.82, 2.24) is 14.7 Å². The van der Waals surface area contributed by atoms with Crippen molar-refractivity contribution in [2.45, 2.75) is 32.2 Å². The van der Waals surface area contributed by atoms with Crippen molar-refractivity contribution in [2.75, 3.05) is 12.4 Å². The highest BCUT2D eigenvalue weighted by Crippen LogP contribution is 2.55. The number of amides is 2. The normalized spacial score (nSPS) is 18.8. The summed E-state index contributed by atoms with van der Waals surface area (Å²) in [4.78, 5) is 33.5. The third-order valence-electron chi connectivity index (χ3n) is 6.75. The number of rotatable bonds is 6. The third-order valence-corrected chi connectivity index (χ3v) is 7.19. The first-order chi connectivity index (χ1) is 18.2. The molecule has 0 saturated heterocycles. The number of fused-ring (bicyclic) bond motifs is 4. The molecule has 38 heavy (non-hydrogen) atoms. The Morgan fingerprint density at radius 2 is 1.97 bits per heavy atom. The van der Waals surface area contributed by atoms with Gasteiger partial charge in [0.15, 0.2) is 11.2 Å². The fraction of sp³-hybridized carbons (Fsp3) is 0.214. The van der Waals surface area contributed by atoms with Gasteiger partial charge in [-0.1, -0.05) is 55.2 Å². The molecule has 10 heteroatoms. The molecule has 3 aromatic rings. The van der Waals surface area contributed by atoms with E-state index < -0.39 is 17.4 Å². The summed E-state index contributed by atoms with van der Waals surface area (Å²) in [6.45, 7) is 9.14. The van der Waals surface area contributed by atoms with Crippen molar-refractivity contribution in [3.8, 4) is 11.4 Å². The maximum Gasteiger partial charge on any atom is 0.280 e. The van der Waals surface area contributed by atoms with E-state index >= 15 is 0 Å². The molecule has 8 nitrogen and oxygen atoms in total. The molecule has 0 bridgehead atoms. The second kappa shape index (κ2) is 9.45. The van der Waals surface area contributed by atoms with E-state index in [0.717, 1.165) is 0 Å². The van der Waals surface area contributed by atoms with Crippen LogP contribution in [0.25, 0.3) is 5.69 Å². The highest BCUT2D eigenvalue weighted by atomic mass is 35.5. The fourth-order valence-corrected chi connectivity index (χ4v) is 5.78.